The molecule has 2 nitrogen and oxygen atoms in total. The standard InChI is InChI=1S/C9H10N2.C2H6/c1-7-3-4-8-6-10-11(2)9(8)5-7;1-2/h3-6H,1-2H3;1-2H3. The average molecular weight is 176 g/mol. The van der Waals surface area contributed by atoms with Crippen molar-refractivity contribution in [1.82, 2.24) is 9.78 Å². The maximum absolute atomic E-state index is 4.15. The molecule has 0 amide bonds. The molecule has 0 aliphatic heterocycles. The lowest BCUT2D eigenvalue weighted by molar-refractivity contribution is 0.796. The van der Waals surface area contributed by atoms with Gasteiger partial charge >= 0.3 is 0 Å². The Morgan fingerprint density at radius 1 is 1.23 bits per heavy atom. The van der Waals surface area contributed by atoms with Crippen LogP contribution in [0.2, 0.25) is 0 Å². The molecule has 0 saturated heterocycles. The summed E-state index contributed by atoms with van der Waals surface area (Å²) in [7, 11) is 1.96. The molecule has 0 aliphatic carbocycles. The third kappa shape index (κ3) is 1.89. The van der Waals surface area contributed by atoms with Crippen LogP contribution in [0.5, 0.6) is 0 Å². The molecular weight excluding hydrogens is 160 g/mol. The molecule has 2 rings (SSSR count). The van der Waals surface area contributed by atoms with Gasteiger partial charge in [0.1, 0.15) is 0 Å². The quantitative estimate of drug-likeness (QED) is 0.603. The first-order chi connectivity index (χ1) is 6.27. The number of fused-ring (bicyclic) bond motifs is 1. The summed E-state index contributed by atoms with van der Waals surface area (Å²) in [6, 6.07) is 6.34. The van der Waals surface area contributed by atoms with Crippen molar-refractivity contribution in [2.45, 2.75) is 20.8 Å². The second-order valence-electron chi connectivity index (χ2n) is 2.83. The van der Waals surface area contributed by atoms with Crippen molar-refractivity contribution < 1.29 is 0 Å². The summed E-state index contributed by atoms with van der Waals surface area (Å²) in [5.41, 5.74) is 2.48. The number of rotatable bonds is 0. The smallest absolute Gasteiger partial charge is 0.0681 e. The topological polar surface area (TPSA) is 17.8 Å². The van der Waals surface area contributed by atoms with Gasteiger partial charge in [-0.15, -0.1) is 0 Å². The van der Waals surface area contributed by atoms with E-state index >= 15 is 0 Å². The summed E-state index contributed by atoms with van der Waals surface area (Å²) in [4.78, 5) is 0. The predicted molar refractivity (Wildman–Crippen MR) is 56.8 cm³/mol. The highest BCUT2D eigenvalue weighted by molar-refractivity contribution is 5.79. The van der Waals surface area contributed by atoms with Crippen molar-refractivity contribution in [2.24, 2.45) is 7.05 Å². The zero-order valence-electron chi connectivity index (χ0n) is 8.70. The lowest BCUT2D eigenvalue weighted by Gasteiger charge is -1.94. The minimum absolute atomic E-state index is 1.20. The third-order valence-electron chi connectivity index (χ3n) is 1.90. The van der Waals surface area contributed by atoms with Crippen LogP contribution < -0.4 is 0 Å². The zero-order valence-corrected chi connectivity index (χ0v) is 8.70. The van der Waals surface area contributed by atoms with Crippen LogP contribution in [0.1, 0.15) is 19.4 Å². The van der Waals surface area contributed by atoms with Gasteiger partial charge in [0.15, 0.2) is 0 Å². The molecule has 0 N–H and O–H groups in total. The molecular formula is C11H16N2. The average Bonchev–Trinajstić information content (AvgIpc) is 2.52. The van der Waals surface area contributed by atoms with Crippen molar-refractivity contribution in [3.05, 3.63) is 30.0 Å². The van der Waals surface area contributed by atoms with E-state index in [2.05, 4.69) is 30.2 Å². The second kappa shape index (κ2) is 4.08. The van der Waals surface area contributed by atoms with Crippen LogP contribution in [-0.2, 0) is 7.05 Å². The summed E-state index contributed by atoms with van der Waals surface area (Å²) in [5.74, 6) is 0. The van der Waals surface area contributed by atoms with Crippen LogP contribution in [-0.4, -0.2) is 9.78 Å². The Bertz CT molecular complexity index is 388. The van der Waals surface area contributed by atoms with E-state index in [1.807, 2.05) is 31.8 Å². The molecule has 0 bridgehead atoms. The van der Waals surface area contributed by atoms with E-state index in [1.165, 1.54) is 16.5 Å². The highest BCUT2D eigenvalue weighted by atomic mass is 15.2. The summed E-state index contributed by atoms with van der Waals surface area (Å²) in [5, 5.41) is 5.36. The van der Waals surface area contributed by atoms with Crippen molar-refractivity contribution in [2.75, 3.05) is 0 Å². The van der Waals surface area contributed by atoms with E-state index in [0.717, 1.165) is 0 Å². The van der Waals surface area contributed by atoms with Crippen LogP contribution in [0.4, 0.5) is 0 Å². The molecule has 0 unspecified atom stereocenters. The van der Waals surface area contributed by atoms with Crippen LogP contribution in [0.15, 0.2) is 24.4 Å². The molecule has 2 aromatic rings. The van der Waals surface area contributed by atoms with E-state index < -0.39 is 0 Å². The number of nitrogens with zero attached hydrogens (tertiary/aromatic N) is 2. The maximum atomic E-state index is 4.15. The van der Waals surface area contributed by atoms with Crippen molar-refractivity contribution in [1.29, 1.82) is 0 Å². The highest BCUT2D eigenvalue weighted by Gasteiger charge is 1.96. The second-order valence-corrected chi connectivity index (χ2v) is 2.83. The number of aromatic nitrogens is 2. The Morgan fingerprint density at radius 2 is 1.92 bits per heavy atom. The summed E-state index contributed by atoms with van der Waals surface area (Å²) in [6.45, 7) is 6.09. The third-order valence-corrected chi connectivity index (χ3v) is 1.90. The van der Waals surface area contributed by atoms with Gasteiger partial charge in [0.05, 0.1) is 11.7 Å². The number of hydrogen-bond donors (Lipinski definition) is 0. The molecule has 0 fully saturated rings. The Balaban J connectivity index is 0.000000396. The van der Waals surface area contributed by atoms with Crippen LogP contribution in [0.25, 0.3) is 10.9 Å². The van der Waals surface area contributed by atoms with Crippen LogP contribution >= 0.6 is 0 Å². The molecule has 1 aromatic carbocycles. The number of hydrogen-bond acceptors (Lipinski definition) is 1. The van der Waals surface area contributed by atoms with Crippen molar-refractivity contribution >= 4 is 10.9 Å². The molecule has 0 radical (unpaired) electrons. The fourth-order valence-corrected chi connectivity index (χ4v) is 1.25. The maximum Gasteiger partial charge on any atom is 0.0681 e. The van der Waals surface area contributed by atoms with Gasteiger partial charge in [-0.05, 0) is 18.6 Å². The Kier molecular flexibility index (Phi) is 3.07. The minimum atomic E-state index is 1.20. The van der Waals surface area contributed by atoms with E-state index in [0.29, 0.717) is 0 Å². The Morgan fingerprint density at radius 3 is 2.62 bits per heavy atom. The molecule has 13 heavy (non-hydrogen) atoms. The largest absolute Gasteiger partial charge is 0.268 e. The SMILES string of the molecule is CC.Cc1ccc2cnn(C)c2c1. The summed E-state index contributed by atoms with van der Waals surface area (Å²) in [6.07, 6.45) is 1.88. The van der Waals surface area contributed by atoms with Crippen LogP contribution in [0.3, 0.4) is 0 Å². The van der Waals surface area contributed by atoms with Gasteiger partial charge in [-0.2, -0.15) is 5.10 Å². The molecule has 70 valence electrons. The van der Waals surface area contributed by atoms with E-state index in [-0.39, 0.29) is 0 Å². The van der Waals surface area contributed by atoms with Gasteiger partial charge < -0.3 is 0 Å². The summed E-state index contributed by atoms with van der Waals surface area (Å²) >= 11 is 0. The van der Waals surface area contributed by atoms with E-state index in [9.17, 15) is 0 Å². The molecule has 2 heteroatoms. The van der Waals surface area contributed by atoms with Gasteiger partial charge in [-0.3, -0.25) is 4.68 Å². The Hall–Kier alpha value is -1.31. The Labute approximate surface area is 79.2 Å². The molecule has 0 atom stereocenters. The van der Waals surface area contributed by atoms with Crippen molar-refractivity contribution in [3.63, 3.8) is 0 Å². The zero-order chi connectivity index (χ0) is 9.84. The van der Waals surface area contributed by atoms with Gasteiger partial charge in [0.2, 0.25) is 0 Å². The molecule has 1 heterocycles. The van der Waals surface area contributed by atoms with Gasteiger partial charge in [0.25, 0.3) is 0 Å². The molecule has 0 saturated carbocycles. The fraction of sp³-hybridized carbons (Fsp3) is 0.364. The molecule has 0 spiro atoms. The molecule has 0 aliphatic rings. The van der Waals surface area contributed by atoms with E-state index in [1.54, 1.807) is 0 Å². The monoisotopic (exact) mass is 176 g/mol. The number of benzene rings is 1. The highest BCUT2D eigenvalue weighted by Crippen LogP contribution is 2.13. The fourth-order valence-electron chi connectivity index (χ4n) is 1.25. The first-order valence-electron chi connectivity index (χ1n) is 4.66. The van der Waals surface area contributed by atoms with Crippen molar-refractivity contribution in [3.8, 4) is 0 Å². The number of aryl methyl sites for hydroxylation is 2. The summed E-state index contributed by atoms with van der Waals surface area (Å²) < 4.78 is 1.89. The van der Waals surface area contributed by atoms with Gasteiger partial charge in [0, 0.05) is 12.4 Å². The minimum Gasteiger partial charge on any atom is -0.268 e. The normalized spacial score (nSPS) is 9.54. The molecule has 1 aromatic heterocycles. The van der Waals surface area contributed by atoms with Crippen LogP contribution in [0, 0.1) is 6.92 Å². The van der Waals surface area contributed by atoms with Gasteiger partial charge in [-0.25, -0.2) is 0 Å². The van der Waals surface area contributed by atoms with E-state index in [4.69, 9.17) is 0 Å². The first-order valence-corrected chi connectivity index (χ1v) is 4.66. The van der Waals surface area contributed by atoms with Gasteiger partial charge in [-0.1, -0.05) is 26.0 Å². The lowest BCUT2D eigenvalue weighted by Crippen LogP contribution is -1.88. The predicted octanol–water partition coefficient (Wildman–Crippen LogP) is 2.91. The first kappa shape index (κ1) is 9.78. The lowest BCUT2D eigenvalue weighted by atomic mass is 10.2.